The molecule has 13 heavy (non-hydrogen) atoms. The molecule has 0 fully saturated rings. The number of nitrogens with zero attached hydrogens (tertiary/aromatic N) is 1. The molecule has 0 atom stereocenters. The second-order valence-corrected chi connectivity index (χ2v) is 4.54. The molecular weight excluding hydrogens is 214 g/mol. The third-order valence-electron chi connectivity index (χ3n) is 1.69. The molecule has 74 valence electrons. The average Bonchev–Trinajstić information content (AvgIpc) is 2.47. The summed E-state index contributed by atoms with van der Waals surface area (Å²) < 4.78 is 24.9. The van der Waals surface area contributed by atoms with E-state index in [1.165, 1.54) is 7.05 Å². The zero-order valence-electron chi connectivity index (χ0n) is 7.26. The van der Waals surface area contributed by atoms with E-state index >= 15 is 0 Å². The van der Waals surface area contributed by atoms with E-state index in [1.807, 2.05) is 0 Å². The largest absolute Gasteiger partial charge is 0.281 e. The lowest BCUT2D eigenvalue weighted by Gasteiger charge is -1.99. The molecular formula is C6H10ClN3O2S. The Kier molecular flexibility index (Phi) is 2.94. The van der Waals surface area contributed by atoms with Crippen LogP contribution in [0.1, 0.15) is 11.3 Å². The molecule has 7 heteroatoms. The number of hydrogen-bond donors (Lipinski definition) is 2. The molecule has 0 saturated carbocycles. The van der Waals surface area contributed by atoms with Gasteiger partial charge < -0.3 is 0 Å². The monoisotopic (exact) mass is 223 g/mol. The number of hydrogen-bond acceptors (Lipinski definition) is 3. The van der Waals surface area contributed by atoms with E-state index in [-0.39, 0.29) is 10.9 Å². The van der Waals surface area contributed by atoms with Crippen LogP contribution in [0.15, 0.2) is 5.03 Å². The first kappa shape index (κ1) is 10.5. The number of nitrogens with one attached hydrogen (secondary N) is 2. The zero-order valence-corrected chi connectivity index (χ0v) is 8.83. The predicted octanol–water partition coefficient (Wildman–Crippen LogP) is 0.365. The lowest BCUT2D eigenvalue weighted by atomic mass is 10.3. The van der Waals surface area contributed by atoms with Crippen LogP contribution < -0.4 is 4.72 Å². The number of aryl methyl sites for hydroxylation is 1. The summed E-state index contributed by atoms with van der Waals surface area (Å²) in [4.78, 5) is 0. The molecule has 1 rings (SSSR count). The van der Waals surface area contributed by atoms with E-state index < -0.39 is 10.0 Å². The van der Waals surface area contributed by atoms with E-state index in [0.29, 0.717) is 11.3 Å². The molecule has 0 bridgehead atoms. The minimum Gasteiger partial charge on any atom is -0.281 e. The standard InChI is InChI=1S/C6H10ClN3O2S/c1-4-5(3-7)6(10-9-4)13(11,12)8-2/h8H,3H2,1-2H3,(H,9,10). The van der Waals surface area contributed by atoms with Crippen LogP contribution >= 0.6 is 11.6 Å². The molecule has 0 saturated heterocycles. The SMILES string of the molecule is CNS(=O)(=O)c1n[nH]c(C)c1CCl. The van der Waals surface area contributed by atoms with Crippen LogP contribution in [-0.2, 0) is 15.9 Å². The van der Waals surface area contributed by atoms with Crippen LogP contribution in [0.5, 0.6) is 0 Å². The smallest absolute Gasteiger partial charge is 0.259 e. The van der Waals surface area contributed by atoms with Crippen molar-refractivity contribution in [2.75, 3.05) is 7.05 Å². The maximum atomic E-state index is 11.3. The lowest BCUT2D eigenvalue weighted by Crippen LogP contribution is -2.20. The highest BCUT2D eigenvalue weighted by Crippen LogP contribution is 2.17. The van der Waals surface area contributed by atoms with Crippen molar-refractivity contribution in [1.82, 2.24) is 14.9 Å². The fourth-order valence-corrected chi connectivity index (χ4v) is 2.22. The Morgan fingerprint density at radius 1 is 1.62 bits per heavy atom. The molecule has 5 nitrogen and oxygen atoms in total. The van der Waals surface area contributed by atoms with Gasteiger partial charge in [-0.1, -0.05) is 0 Å². The molecule has 0 aliphatic heterocycles. The predicted molar refractivity (Wildman–Crippen MR) is 49.1 cm³/mol. The van der Waals surface area contributed by atoms with Gasteiger partial charge in [0.05, 0.1) is 5.88 Å². The van der Waals surface area contributed by atoms with Gasteiger partial charge in [0.25, 0.3) is 10.0 Å². The Bertz CT molecular complexity index is 398. The summed E-state index contributed by atoms with van der Waals surface area (Å²) in [7, 11) is -2.17. The highest BCUT2D eigenvalue weighted by Gasteiger charge is 2.21. The zero-order chi connectivity index (χ0) is 10.1. The molecule has 0 amide bonds. The van der Waals surface area contributed by atoms with Crippen LogP contribution in [0.2, 0.25) is 0 Å². The molecule has 0 unspecified atom stereocenters. The maximum absolute atomic E-state index is 11.3. The third-order valence-corrected chi connectivity index (χ3v) is 3.34. The number of H-pyrrole nitrogens is 1. The van der Waals surface area contributed by atoms with E-state index in [4.69, 9.17) is 11.6 Å². The van der Waals surface area contributed by atoms with Gasteiger partial charge in [-0.15, -0.1) is 11.6 Å². The molecule has 0 aromatic carbocycles. The molecule has 2 N–H and O–H groups in total. The Hall–Kier alpha value is -0.590. The van der Waals surface area contributed by atoms with E-state index in [1.54, 1.807) is 6.92 Å². The molecule has 1 aromatic rings. The van der Waals surface area contributed by atoms with Gasteiger partial charge in [-0.25, -0.2) is 13.1 Å². The highest BCUT2D eigenvalue weighted by molar-refractivity contribution is 7.89. The van der Waals surface area contributed by atoms with Crippen molar-refractivity contribution in [1.29, 1.82) is 0 Å². The summed E-state index contributed by atoms with van der Waals surface area (Å²) in [5.41, 5.74) is 1.18. The number of rotatable bonds is 3. The lowest BCUT2D eigenvalue weighted by molar-refractivity contribution is 0.583. The first-order valence-corrected chi connectivity index (χ1v) is 5.58. The number of aromatic nitrogens is 2. The van der Waals surface area contributed by atoms with Gasteiger partial charge in [-0.3, -0.25) is 5.10 Å². The minimum absolute atomic E-state index is 0.0255. The number of sulfonamides is 1. The minimum atomic E-state index is -3.50. The van der Waals surface area contributed by atoms with Crippen molar-refractivity contribution >= 4 is 21.6 Å². The van der Waals surface area contributed by atoms with Gasteiger partial charge in [0.15, 0.2) is 5.03 Å². The Labute approximate surface area is 81.5 Å². The summed E-state index contributed by atoms with van der Waals surface area (Å²) in [5, 5.41) is 6.22. The number of halogens is 1. The number of alkyl halides is 1. The molecule has 1 heterocycles. The van der Waals surface area contributed by atoms with Gasteiger partial charge in [0.1, 0.15) is 0 Å². The van der Waals surface area contributed by atoms with Gasteiger partial charge >= 0.3 is 0 Å². The van der Waals surface area contributed by atoms with Crippen molar-refractivity contribution < 1.29 is 8.42 Å². The van der Waals surface area contributed by atoms with Gasteiger partial charge in [0.2, 0.25) is 0 Å². The van der Waals surface area contributed by atoms with Crippen LogP contribution in [0.4, 0.5) is 0 Å². The third kappa shape index (κ3) is 1.84. The van der Waals surface area contributed by atoms with Crippen LogP contribution in [0, 0.1) is 6.92 Å². The van der Waals surface area contributed by atoms with Crippen molar-refractivity contribution in [3.8, 4) is 0 Å². The Morgan fingerprint density at radius 3 is 2.69 bits per heavy atom. The molecule has 0 aliphatic rings. The second kappa shape index (κ2) is 3.65. The maximum Gasteiger partial charge on any atom is 0.259 e. The first-order valence-electron chi connectivity index (χ1n) is 3.56. The van der Waals surface area contributed by atoms with E-state index in [9.17, 15) is 8.42 Å². The average molecular weight is 224 g/mol. The summed E-state index contributed by atoms with van der Waals surface area (Å²) in [5.74, 6) is 0.124. The summed E-state index contributed by atoms with van der Waals surface area (Å²) in [6.07, 6.45) is 0. The van der Waals surface area contributed by atoms with E-state index in [2.05, 4.69) is 14.9 Å². The number of aromatic amines is 1. The van der Waals surface area contributed by atoms with Crippen LogP contribution in [0.25, 0.3) is 0 Å². The fraction of sp³-hybridized carbons (Fsp3) is 0.500. The van der Waals surface area contributed by atoms with Crippen molar-refractivity contribution in [2.45, 2.75) is 17.8 Å². The topological polar surface area (TPSA) is 74.8 Å². The van der Waals surface area contributed by atoms with Crippen LogP contribution in [0.3, 0.4) is 0 Å². The Morgan fingerprint density at radius 2 is 2.23 bits per heavy atom. The first-order chi connectivity index (χ1) is 6.03. The summed E-state index contributed by atoms with van der Waals surface area (Å²) >= 11 is 5.59. The van der Waals surface area contributed by atoms with Crippen molar-refractivity contribution in [3.05, 3.63) is 11.3 Å². The fourth-order valence-electron chi connectivity index (χ4n) is 0.906. The summed E-state index contributed by atoms with van der Waals surface area (Å²) in [6, 6.07) is 0. The molecule has 0 radical (unpaired) electrons. The van der Waals surface area contributed by atoms with Crippen molar-refractivity contribution in [3.63, 3.8) is 0 Å². The molecule has 1 aromatic heterocycles. The second-order valence-electron chi connectivity index (χ2n) is 2.47. The van der Waals surface area contributed by atoms with Crippen molar-refractivity contribution in [2.24, 2.45) is 0 Å². The summed E-state index contributed by atoms with van der Waals surface area (Å²) in [6.45, 7) is 1.72. The van der Waals surface area contributed by atoms with Gasteiger partial charge in [-0.05, 0) is 14.0 Å². The van der Waals surface area contributed by atoms with E-state index in [0.717, 1.165) is 0 Å². The van der Waals surface area contributed by atoms with Gasteiger partial charge in [0, 0.05) is 11.3 Å². The quantitative estimate of drug-likeness (QED) is 0.727. The molecule has 0 aliphatic carbocycles. The van der Waals surface area contributed by atoms with Gasteiger partial charge in [-0.2, -0.15) is 5.10 Å². The Balaban J connectivity index is 3.31. The van der Waals surface area contributed by atoms with Crippen LogP contribution in [-0.4, -0.2) is 25.7 Å². The normalized spacial score (nSPS) is 11.9. The highest BCUT2D eigenvalue weighted by atomic mass is 35.5. The molecule has 0 spiro atoms.